The number of hydrogen-bond acceptors (Lipinski definition) is 6. The molecule has 1 heterocycles. The minimum Gasteiger partial charge on any atom is -0.444 e. The normalized spacial score (nSPS) is 14.4. The maximum atomic E-state index is 12.5. The van der Waals surface area contributed by atoms with Gasteiger partial charge in [0.25, 0.3) is 0 Å². The highest BCUT2D eigenvalue weighted by atomic mass is 35.5. The highest BCUT2D eigenvalue weighted by molar-refractivity contribution is 6.33. The van der Waals surface area contributed by atoms with Crippen molar-refractivity contribution in [3.8, 4) is 5.75 Å². The molecule has 1 aromatic heterocycles. The van der Waals surface area contributed by atoms with Gasteiger partial charge < -0.3 is 19.2 Å². The van der Waals surface area contributed by atoms with E-state index in [-0.39, 0.29) is 16.4 Å². The minimum atomic E-state index is -0.913. The minimum absolute atomic E-state index is 0.0645. The fourth-order valence-electron chi connectivity index (χ4n) is 3.32. The van der Waals surface area contributed by atoms with E-state index in [0.717, 1.165) is 23.8 Å². The van der Waals surface area contributed by atoms with E-state index in [9.17, 15) is 14.4 Å². The fraction of sp³-hybridized carbons (Fsp3) is 0.476. The molecule has 0 radical (unpaired) electrons. The van der Waals surface area contributed by atoms with Crippen LogP contribution in [0.15, 0.2) is 21.3 Å². The summed E-state index contributed by atoms with van der Waals surface area (Å²) in [5.41, 5.74) is 0.879. The van der Waals surface area contributed by atoms with E-state index in [1.807, 2.05) is 0 Å². The molecule has 1 atom stereocenters. The Bertz CT molecular complexity index is 1020. The van der Waals surface area contributed by atoms with Gasteiger partial charge in [0.05, 0.1) is 5.02 Å². The first-order valence-corrected chi connectivity index (χ1v) is 9.96. The number of aryl methyl sites for hydroxylation is 1. The lowest BCUT2D eigenvalue weighted by atomic mass is 10.1. The van der Waals surface area contributed by atoms with Gasteiger partial charge in [0.15, 0.2) is 5.75 Å². The van der Waals surface area contributed by atoms with Gasteiger partial charge in [0.1, 0.15) is 17.2 Å². The number of amides is 1. The molecule has 7 nitrogen and oxygen atoms in total. The van der Waals surface area contributed by atoms with Gasteiger partial charge in [0, 0.05) is 17.0 Å². The zero-order valence-electron chi connectivity index (χ0n) is 16.9. The second-order valence-corrected chi connectivity index (χ2v) is 8.41. The molecular weight excluding hydrogens is 398 g/mol. The zero-order valence-corrected chi connectivity index (χ0v) is 17.6. The number of fused-ring (bicyclic) bond motifs is 3. The van der Waals surface area contributed by atoms with E-state index >= 15 is 0 Å². The number of alkyl carbamates (subject to hydrolysis) is 1. The second kappa shape index (κ2) is 8.06. The number of halogens is 1. The molecular formula is C21H24ClNO6. The first kappa shape index (κ1) is 21.2. The summed E-state index contributed by atoms with van der Waals surface area (Å²) in [4.78, 5) is 36.7. The summed E-state index contributed by atoms with van der Waals surface area (Å²) in [6.07, 6.45) is 1.95. The van der Waals surface area contributed by atoms with Gasteiger partial charge in [-0.15, -0.1) is 0 Å². The van der Waals surface area contributed by atoms with Crippen LogP contribution >= 0.6 is 11.6 Å². The summed E-state index contributed by atoms with van der Waals surface area (Å²) in [5.74, 6) is -0.627. The van der Waals surface area contributed by atoms with Crippen LogP contribution in [0.25, 0.3) is 11.0 Å². The Hall–Kier alpha value is -2.54. The van der Waals surface area contributed by atoms with Crippen molar-refractivity contribution in [2.24, 2.45) is 0 Å². The summed E-state index contributed by atoms with van der Waals surface area (Å²) < 4.78 is 16.0. The molecule has 1 aliphatic carbocycles. The number of ether oxygens (including phenoxy) is 2. The molecule has 1 aromatic carbocycles. The van der Waals surface area contributed by atoms with Crippen LogP contribution in [0.4, 0.5) is 4.79 Å². The maximum absolute atomic E-state index is 12.5. The standard InChI is InChI=1S/C21H24ClNO6/c1-5-15(23-20(26)29-21(2,3)4)19(25)28-17-10-16-13(9-14(17)22)11-7-6-8-12(11)18(24)27-16/h9-10,15H,5-8H2,1-4H3,(H,23,26)/t15-/m0/s1. The zero-order chi connectivity index (χ0) is 21.3. The Morgan fingerprint density at radius 2 is 1.93 bits per heavy atom. The van der Waals surface area contributed by atoms with E-state index in [2.05, 4.69) is 5.32 Å². The van der Waals surface area contributed by atoms with Crippen molar-refractivity contribution in [2.45, 2.75) is 65.0 Å². The van der Waals surface area contributed by atoms with Gasteiger partial charge in [0.2, 0.25) is 0 Å². The van der Waals surface area contributed by atoms with Gasteiger partial charge in [-0.2, -0.15) is 0 Å². The molecule has 0 unspecified atom stereocenters. The van der Waals surface area contributed by atoms with Crippen molar-refractivity contribution in [3.63, 3.8) is 0 Å². The Labute approximate surface area is 173 Å². The molecule has 0 fully saturated rings. The highest BCUT2D eigenvalue weighted by Gasteiger charge is 2.26. The topological polar surface area (TPSA) is 94.8 Å². The van der Waals surface area contributed by atoms with Gasteiger partial charge >= 0.3 is 17.7 Å². The van der Waals surface area contributed by atoms with Crippen LogP contribution in [0.1, 0.15) is 51.7 Å². The van der Waals surface area contributed by atoms with Crippen LogP contribution in [0.3, 0.4) is 0 Å². The van der Waals surface area contributed by atoms with E-state index in [1.54, 1.807) is 33.8 Å². The molecule has 29 heavy (non-hydrogen) atoms. The molecule has 1 aliphatic rings. The molecule has 2 aromatic rings. The lowest BCUT2D eigenvalue weighted by Gasteiger charge is -2.22. The van der Waals surface area contributed by atoms with Crippen LogP contribution < -0.4 is 15.7 Å². The largest absolute Gasteiger partial charge is 0.444 e. The Morgan fingerprint density at radius 3 is 2.59 bits per heavy atom. The molecule has 1 amide bonds. The summed E-state index contributed by atoms with van der Waals surface area (Å²) in [5, 5.41) is 3.46. The number of carbonyl (C=O) groups excluding carboxylic acids is 2. The molecule has 156 valence electrons. The molecule has 0 spiro atoms. The highest BCUT2D eigenvalue weighted by Crippen LogP contribution is 2.34. The van der Waals surface area contributed by atoms with Crippen molar-refractivity contribution in [3.05, 3.63) is 38.7 Å². The van der Waals surface area contributed by atoms with Crippen molar-refractivity contribution in [2.75, 3.05) is 0 Å². The van der Waals surface area contributed by atoms with Gasteiger partial charge in [-0.05, 0) is 58.1 Å². The van der Waals surface area contributed by atoms with E-state index < -0.39 is 23.7 Å². The first-order valence-electron chi connectivity index (χ1n) is 9.58. The van der Waals surface area contributed by atoms with Gasteiger partial charge in [-0.1, -0.05) is 18.5 Å². The third-order valence-electron chi connectivity index (χ3n) is 4.62. The SMILES string of the molecule is CC[C@H](NC(=O)OC(C)(C)C)C(=O)Oc1cc2oc(=O)c3c(c2cc1Cl)CCC3. The van der Waals surface area contributed by atoms with E-state index in [1.165, 1.54) is 6.07 Å². The molecule has 0 saturated heterocycles. The van der Waals surface area contributed by atoms with Crippen LogP contribution in [-0.2, 0) is 22.4 Å². The van der Waals surface area contributed by atoms with Crippen molar-refractivity contribution >= 4 is 34.6 Å². The van der Waals surface area contributed by atoms with E-state index in [0.29, 0.717) is 24.0 Å². The third-order valence-corrected chi connectivity index (χ3v) is 4.92. The number of carbonyl (C=O) groups is 2. The summed E-state index contributed by atoms with van der Waals surface area (Å²) >= 11 is 6.32. The average Bonchev–Trinajstić information content (AvgIpc) is 3.10. The molecule has 0 saturated carbocycles. The average molecular weight is 422 g/mol. The monoisotopic (exact) mass is 421 g/mol. The van der Waals surface area contributed by atoms with Gasteiger partial charge in [-0.25, -0.2) is 14.4 Å². The Morgan fingerprint density at radius 1 is 1.24 bits per heavy atom. The second-order valence-electron chi connectivity index (χ2n) is 8.01. The smallest absolute Gasteiger partial charge is 0.408 e. The summed E-state index contributed by atoms with van der Waals surface area (Å²) in [7, 11) is 0. The molecule has 3 rings (SSSR count). The predicted molar refractivity (Wildman–Crippen MR) is 109 cm³/mol. The summed E-state index contributed by atoms with van der Waals surface area (Å²) in [6.45, 7) is 6.91. The van der Waals surface area contributed by atoms with Crippen LogP contribution in [-0.4, -0.2) is 23.7 Å². The lowest BCUT2D eigenvalue weighted by Crippen LogP contribution is -2.44. The third kappa shape index (κ3) is 4.72. The summed E-state index contributed by atoms with van der Waals surface area (Å²) in [6, 6.07) is 2.17. The van der Waals surface area contributed by atoms with Gasteiger partial charge in [-0.3, -0.25) is 0 Å². The number of esters is 1. The van der Waals surface area contributed by atoms with Crippen LogP contribution in [0, 0.1) is 0 Å². The molecule has 1 N–H and O–H groups in total. The molecule has 8 heteroatoms. The predicted octanol–water partition coefficient (Wildman–Crippen LogP) is 4.14. The van der Waals surface area contributed by atoms with Crippen molar-refractivity contribution in [1.29, 1.82) is 0 Å². The van der Waals surface area contributed by atoms with Crippen LogP contribution in [0.2, 0.25) is 5.02 Å². The Kier molecular flexibility index (Phi) is 5.89. The number of benzene rings is 1. The maximum Gasteiger partial charge on any atom is 0.408 e. The fourth-order valence-corrected chi connectivity index (χ4v) is 3.52. The number of nitrogens with one attached hydrogen (secondary N) is 1. The lowest BCUT2D eigenvalue weighted by molar-refractivity contribution is -0.136. The molecule has 0 aliphatic heterocycles. The van der Waals surface area contributed by atoms with Crippen molar-refractivity contribution < 1.29 is 23.5 Å². The van der Waals surface area contributed by atoms with Crippen LogP contribution in [0.5, 0.6) is 5.75 Å². The quantitative estimate of drug-likeness (QED) is 0.452. The number of rotatable bonds is 4. The van der Waals surface area contributed by atoms with E-state index in [4.69, 9.17) is 25.5 Å². The molecule has 0 bridgehead atoms. The Balaban J connectivity index is 1.82. The first-order chi connectivity index (χ1) is 13.6. The number of hydrogen-bond donors (Lipinski definition) is 1. The van der Waals surface area contributed by atoms with Crippen molar-refractivity contribution in [1.82, 2.24) is 5.32 Å².